The van der Waals surface area contributed by atoms with Crippen molar-refractivity contribution in [3.8, 4) is 0 Å². The first-order valence-electron chi connectivity index (χ1n) is 8.26. The Morgan fingerprint density at radius 3 is 2.58 bits per heavy atom. The summed E-state index contributed by atoms with van der Waals surface area (Å²) in [5.74, 6) is -0.418. The summed E-state index contributed by atoms with van der Waals surface area (Å²) in [5, 5.41) is 3.40. The van der Waals surface area contributed by atoms with E-state index in [-0.39, 0.29) is 11.1 Å². The molecule has 4 nitrogen and oxygen atoms in total. The summed E-state index contributed by atoms with van der Waals surface area (Å²) in [5.41, 5.74) is 3.55. The van der Waals surface area contributed by atoms with Gasteiger partial charge in [0.25, 0.3) is 11.5 Å². The van der Waals surface area contributed by atoms with E-state index in [1.54, 1.807) is 24.4 Å². The predicted molar refractivity (Wildman–Crippen MR) is 105 cm³/mol. The second-order valence-corrected chi connectivity index (χ2v) is 6.67. The average molecular weight is 367 g/mol. The van der Waals surface area contributed by atoms with Crippen LogP contribution in [0.25, 0.3) is 0 Å². The van der Waals surface area contributed by atoms with Crippen LogP contribution in [-0.2, 0) is 6.54 Å². The zero-order valence-corrected chi connectivity index (χ0v) is 15.4. The maximum Gasteiger partial charge on any atom is 0.263 e. The Morgan fingerprint density at radius 2 is 1.85 bits per heavy atom. The van der Waals surface area contributed by atoms with Gasteiger partial charge in [0.05, 0.1) is 6.54 Å². The molecule has 0 fully saturated rings. The van der Waals surface area contributed by atoms with Crippen molar-refractivity contribution in [2.24, 2.45) is 0 Å². The third-order valence-corrected chi connectivity index (χ3v) is 4.51. The molecule has 1 aromatic heterocycles. The van der Waals surface area contributed by atoms with Crippen LogP contribution in [0.3, 0.4) is 0 Å². The molecule has 0 spiro atoms. The first kappa shape index (κ1) is 18.0. The lowest BCUT2D eigenvalue weighted by atomic mass is 10.1. The largest absolute Gasteiger partial charge is 0.322 e. The summed E-state index contributed by atoms with van der Waals surface area (Å²) < 4.78 is 1.50. The van der Waals surface area contributed by atoms with Crippen LogP contribution >= 0.6 is 11.6 Å². The van der Waals surface area contributed by atoms with E-state index in [0.717, 1.165) is 16.7 Å². The highest BCUT2D eigenvalue weighted by Gasteiger charge is 2.13. The molecule has 0 radical (unpaired) electrons. The summed E-state index contributed by atoms with van der Waals surface area (Å²) in [6.07, 6.45) is 1.66. The maximum atomic E-state index is 12.7. The number of aryl methyl sites for hydroxylation is 2. The van der Waals surface area contributed by atoms with E-state index in [4.69, 9.17) is 11.6 Å². The van der Waals surface area contributed by atoms with Crippen molar-refractivity contribution in [2.45, 2.75) is 20.4 Å². The number of amides is 1. The number of benzene rings is 2. The van der Waals surface area contributed by atoms with Gasteiger partial charge in [-0.2, -0.15) is 0 Å². The van der Waals surface area contributed by atoms with Crippen LogP contribution in [0.4, 0.5) is 5.69 Å². The van der Waals surface area contributed by atoms with Gasteiger partial charge < -0.3 is 9.88 Å². The summed E-state index contributed by atoms with van der Waals surface area (Å²) in [6, 6.07) is 16.2. The van der Waals surface area contributed by atoms with Gasteiger partial charge in [-0.3, -0.25) is 9.59 Å². The Balaban J connectivity index is 1.85. The third-order valence-electron chi connectivity index (χ3n) is 4.27. The van der Waals surface area contributed by atoms with Gasteiger partial charge in [0, 0.05) is 16.9 Å². The molecule has 2 aromatic carbocycles. The smallest absolute Gasteiger partial charge is 0.263 e. The van der Waals surface area contributed by atoms with Crippen molar-refractivity contribution >= 4 is 23.2 Å². The SMILES string of the molecule is Cc1ccc(NC(=O)c2cccn(Cc3cccc(Cl)c3)c2=O)cc1C. The van der Waals surface area contributed by atoms with Crippen LogP contribution < -0.4 is 10.9 Å². The molecular weight excluding hydrogens is 348 g/mol. The minimum Gasteiger partial charge on any atom is -0.322 e. The number of rotatable bonds is 4. The van der Waals surface area contributed by atoms with Gasteiger partial charge in [-0.05, 0) is 66.9 Å². The second kappa shape index (κ2) is 7.58. The summed E-state index contributed by atoms with van der Waals surface area (Å²) in [7, 11) is 0. The Bertz CT molecular complexity index is 1020. The summed E-state index contributed by atoms with van der Waals surface area (Å²) >= 11 is 6.00. The number of hydrogen-bond acceptors (Lipinski definition) is 2. The minimum atomic E-state index is -0.418. The lowest BCUT2D eigenvalue weighted by Crippen LogP contribution is -2.29. The van der Waals surface area contributed by atoms with E-state index in [2.05, 4.69) is 5.32 Å². The molecule has 0 aliphatic rings. The highest BCUT2D eigenvalue weighted by atomic mass is 35.5. The first-order valence-corrected chi connectivity index (χ1v) is 8.64. The zero-order valence-electron chi connectivity index (χ0n) is 14.6. The number of carbonyl (C=O) groups excluding carboxylic acids is 1. The van der Waals surface area contributed by atoms with E-state index < -0.39 is 5.91 Å². The molecule has 1 heterocycles. The number of carbonyl (C=O) groups is 1. The van der Waals surface area contributed by atoms with Gasteiger partial charge in [0.2, 0.25) is 0 Å². The van der Waals surface area contributed by atoms with E-state index in [1.807, 2.05) is 44.2 Å². The lowest BCUT2D eigenvalue weighted by molar-refractivity contribution is 0.102. The average Bonchev–Trinajstić information content (AvgIpc) is 2.60. The zero-order chi connectivity index (χ0) is 18.7. The molecule has 0 unspecified atom stereocenters. The molecule has 0 saturated carbocycles. The van der Waals surface area contributed by atoms with Gasteiger partial charge in [-0.15, -0.1) is 0 Å². The molecule has 5 heteroatoms. The Labute approximate surface area is 157 Å². The van der Waals surface area contributed by atoms with Gasteiger partial charge in [0.15, 0.2) is 0 Å². The molecule has 0 atom stereocenters. The highest BCUT2D eigenvalue weighted by Crippen LogP contribution is 2.15. The van der Waals surface area contributed by atoms with Crippen LogP contribution in [-0.4, -0.2) is 10.5 Å². The molecule has 0 aliphatic heterocycles. The molecule has 0 saturated heterocycles. The lowest BCUT2D eigenvalue weighted by Gasteiger charge is -2.10. The van der Waals surface area contributed by atoms with Crippen molar-refractivity contribution < 1.29 is 4.79 Å². The Kier molecular flexibility index (Phi) is 5.24. The van der Waals surface area contributed by atoms with Crippen molar-refractivity contribution in [2.75, 3.05) is 5.32 Å². The van der Waals surface area contributed by atoms with E-state index in [0.29, 0.717) is 17.3 Å². The normalized spacial score (nSPS) is 10.6. The Hall–Kier alpha value is -2.85. The molecule has 3 aromatic rings. The fourth-order valence-corrected chi connectivity index (χ4v) is 2.90. The fraction of sp³-hybridized carbons (Fsp3) is 0.143. The first-order chi connectivity index (χ1) is 12.4. The second-order valence-electron chi connectivity index (χ2n) is 6.24. The maximum absolute atomic E-state index is 12.7. The molecule has 0 bridgehead atoms. The molecular formula is C21H19ClN2O2. The van der Waals surface area contributed by atoms with E-state index in [1.165, 1.54) is 10.6 Å². The van der Waals surface area contributed by atoms with Crippen LogP contribution in [0, 0.1) is 13.8 Å². The molecule has 1 N–H and O–H groups in total. The molecule has 132 valence electrons. The van der Waals surface area contributed by atoms with Crippen LogP contribution in [0.1, 0.15) is 27.0 Å². The van der Waals surface area contributed by atoms with Gasteiger partial charge in [-0.1, -0.05) is 29.8 Å². The number of nitrogens with zero attached hydrogens (tertiary/aromatic N) is 1. The van der Waals surface area contributed by atoms with Crippen molar-refractivity contribution in [1.82, 2.24) is 4.57 Å². The van der Waals surface area contributed by atoms with Crippen molar-refractivity contribution in [3.63, 3.8) is 0 Å². The minimum absolute atomic E-state index is 0.104. The van der Waals surface area contributed by atoms with E-state index >= 15 is 0 Å². The standard InChI is InChI=1S/C21H19ClN2O2/c1-14-8-9-18(11-15(14)2)23-20(25)19-7-4-10-24(21(19)26)13-16-5-3-6-17(22)12-16/h3-12H,13H2,1-2H3,(H,23,25). The summed E-state index contributed by atoms with van der Waals surface area (Å²) in [6.45, 7) is 4.34. The quantitative estimate of drug-likeness (QED) is 0.743. The number of pyridine rings is 1. The molecule has 26 heavy (non-hydrogen) atoms. The number of nitrogens with one attached hydrogen (secondary N) is 1. The Morgan fingerprint density at radius 1 is 1.04 bits per heavy atom. The topological polar surface area (TPSA) is 51.1 Å². The number of halogens is 1. The monoisotopic (exact) mass is 366 g/mol. The predicted octanol–water partition coefficient (Wildman–Crippen LogP) is 4.42. The van der Waals surface area contributed by atoms with Gasteiger partial charge in [0.1, 0.15) is 5.56 Å². The molecule has 0 aliphatic carbocycles. The molecule has 3 rings (SSSR count). The van der Waals surface area contributed by atoms with Gasteiger partial charge >= 0.3 is 0 Å². The van der Waals surface area contributed by atoms with Crippen LogP contribution in [0.15, 0.2) is 65.6 Å². The highest BCUT2D eigenvalue weighted by molar-refractivity contribution is 6.30. The van der Waals surface area contributed by atoms with Gasteiger partial charge in [-0.25, -0.2) is 0 Å². The van der Waals surface area contributed by atoms with E-state index in [9.17, 15) is 9.59 Å². The third kappa shape index (κ3) is 4.03. The summed E-state index contributed by atoms with van der Waals surface area (Å²) in [4.78, 5) is 25.2. The number of anilines is 1. The molecule has 1 amide bonds. The van der Waals surface area contributed by atoms with Crippen LogP contribution in [0.5, 0.6) is 0 Å². The number of aromatic nitrogens is 1. The fourth-order valence-electron chi connectivity index (χ4n) is 2.68. The van der Waals surface area contributed by atoms with Crippen molar-refractivity contribution in [1.29, 1.82) is 0 Å². The number of hydrogen-bond donors (Lipinski definition) is 1. The van der Waals surface area contributed by atoms with Crippen LogP contribution in [0.2, 0.25) is 5.02 Å². The van der Waals surface area contributed by atoms with Crippen molar-refractivity contribution in [3.05, 3.63) is 98.4 Å².